The molecule has 0 aliphatic carbocycles. The summed E-state index contributed by atoms with van der Waals surface area (Å²) >= 11 is 11.2. The predicted octanol–water partition coefficient (Wildman–Crippen LogP) is 4.47. The molecule has 0 bridgehead atoms. The molecule has 0 heterocycles. The van der Waals surface area contributed by atoms with Crippen LogP contribution in [0.15, 0.2) is 42.5 Å². The first kappa shape index (κ1) is 18.0. The number of alkyl halides is 1. The van der Waals surface area contributed by atoms with E-state index in [4.69, 9.17) is 33.4 Å². The summed E-state index contributed by atoms with van der Waals surface area (Å²) in [6, 6.07) is 11.7. The molecule has 0 radical (unpaired) electrons. The third kappa shape index (κ3) is 4.76. The number of aromatic carboxylic acids is 2. The van der Waals surface area contributed by atoms with E-state index in [9.17, 15) is 9.59 Å². The summed E-state index contributed by atoms with van der Waals surface area (Å²) < 4.78 is 0. The molecule has 0 unspecified atom stereocenters. The van der Waals surface area contributed by atoms with Crippen LogP contribution in [0.3, 0.4) is 0 Å². The SMILES string of the molecule is Cc1cccc(Cl)c1C(=O)O.O=C(O)c1ccccc1CCl. The number of hydrogen-bond acceptors (Lipinski definition) is 2. The first-order valence-electron chi connectivity index (χ1n) is 6.24. The maximum atomic E-state index is 10.6. The minimum atomic E-state index is -0.979. The topological polar surface area (TPSA) is 74.6 Å². The van der Waals surface area contributed by atoms with Crippen molar-refractivity contribution < 1.29 is 19.8 Å². The minimum absolute atomic E-state index is 0.189. The molecular weight excluding hydrogens is 327 g/mol. The number of benzene rings is 2. The molecule has 0 atom stereocenters. The fraction of sp³-hybridized carbons (Fsp3) is 0.125. The molecule has 2 rings (SSSR count). The highest BCUT2D eigenvalue weighted by molar-refractivity contribution is 6.33. The Morgan fingerprint density at radius 2 is 1.64 bits per heavy atom. The van der Waals surface area contributed by atoms with Gasteiger partial charge in [0.15, 0.2) is 0 Å². The van der Waals surface area contributed by atoms with Gasteiger partial charge in [-0.3, -0.25) is 0 Å². The van der Waals surface area contributed by atoms with Gasteiger partial charge in [-0.2, -0.15) is 0 Å². The lowest BCUT2D eigenvalue weighted by Gasteiger charge is -2.00. The second-order valence-corrected chi connectivity index (χ2v) is 5.01. The molecule has 0 amide bonds. The van der Waals surface area contributed by atoms with Crippen LogP contribution >= 0.6 is 23.2 Å². The Labute approximate surface area is 137 Å². The monoisotopic (exact) mass is 340 g/mol. The molecule has 22 heavy (non-hydrogen) atoms. The van der Waals surface area contributed by atoms with Gasteiger partial charge in [-0.25, -0.2) is 9.59 Å². The number of rotatable bonds is 3. The Morgan fingerprint density at radius 1 is 1.00 bits per heavy atom. The molecule has 0 aliphatic rings. The Bertz CT molecular complexity index is 663. The lowest BCUT2D eigenvalue weighted by Crippen LogP contribution is -1.99. The second kappa shape index (κ2) is 8.41. The zero-order chi connectivity index (χ0) is 16.7. The summed E-state index contributed by atoms with van der Waals surface area (Å²) in [5, 5.41) is 17.6. The van der Waals surface area contributed by atoms with Crippen molar-refractivity contribution in [3.63, 3.8) is 0 Å². The zero-order valence-electron chi connectivity index (χ0n) is 11.7. The average molecular weight is 341 g/mol. The van der Waals surface area contributed by atoms with Crippen molar-refractivity contribution in [1.29, 1.82) is 0 Å². The van der Waals surface area contributed by atoms with Crippen LogP contribution in [0, 0.1) is 6.92 Å². The summed E-state index contributed by atoms with van der Waals surface area (Å²) in [4.78, 5) is 21.1. The molecule has 6 heteroatoms. The lowest BCUT2D eigenvalue weighted by atomic mass is 10.1. The van der Waals surface area contributed by atoms with Crippen LogP contribution in [-0.4, -0.2) is 22.2 Å². The van der Waals surface area contributed by atoms with Gasteiger partial charge in [0.25, 0.3) is 0 Å². The number of hydrogen-bond donors (Lipinski definition) is 2. The number of carbonyl (C=O) groups is 2. The molecule has 0 saturated carbocycles. The van der Waals surface area contributed by atoms with Crippen LogP contribution in [0.2, 0.25) is 5.02 Å². The van der Waals surface area contributed by atoms with Gasteiger partial charge in [0.05, 0.1) is 16.1 Å². The molecule has 2 aromatic carbocycles. The van der Waals surface area contributed by atoms with Crippen molar-refractivity contribution in [3.8, 4) is 0 Å². The van der Waals surface area contributed by atoms with Crippen molar-refractivity contribution in [1.82, 2.24) is 0 Å². The zero-order valence-corrected chi connectivity index (χ0v) is 13.2. The molecule has 2 N–H and O–H groups in total. The molecule has 0 spiro atoms. The molecule has 0 aliphatic heterocycles. The Balaban J connectivity index is 0.000000220. The largest absolute Gasteiger partial charge is 0.478 e. The standard InChI is InChI=1S/2C8H7ClO2/c1-5-3-2-4-6(9)7(5)8(10)11;9-5-6-3-1-2-4-7(6)8(10)11/h2-4H,1H3,(H,10,11);1-4H,5H2,(H,10,11). The van der Waals surface area contributed by atoms with Crippen molar-refractivity contribution in [2.75, 3.05) is 0 Å². The molecule has 0 fully saturated rings. The van der Waals surface area contributed by atoms with Crippen LogP contribution in [-0.2, 0) is 5.88 Å². The maximum Gasteiger partial charge on any atom is 0.337 e. The van der Waals surface area contributed by atoms with E-state index in [1.807, 2.05) is 0 Å². The van der Waals surface area contributed by atoms with E-state index < -0.39 is 11.9 Å². The molecular formula is C16H14Cl2O4. The van der Waals surface area contributed by atoms with Gasteiger partial charge < -0.3 is 10.2 Å². The smallest absolute Gasteiger partial charge is 0.337 e. The summed E-state index contributed by atoms with van der Waals surface area (Å²) in [6.07, 6.45) is 0. The Kier molecular flexibility index (Phi) is 6.89. The van der Waals surface area contributed by atoms with E-state index >= 15 is 0 Å². The van der Waals surface area contributed by atoms with Crippen molar-refractivity contribution >= 4 is 35.1 Å². The molecule has 0 aromatic heterocycles. The van der Waals surface area contributed by atoms with E-state index in [0.717, 1.165) is 0 Å². The van der Waals surface area contributed by atoms with Gasteiger partial charge in [0.2, 0.25) is 0 Å². The second-order valence-electron chi connectivity index (χ2n) is 4.33. The van der Waals surface area contributed by atoms with Crippen molar-refractivity contribution in [2.45, 2.75) is 12.8 Å². The first-order valence-corrected chi connectivity index (χ1v) is 7.15. The number of carboxylic acid groups (broad SMARTS) is 2. The van der Waals surface area contributed by atoms with Gasteiger partial charge in [0, 0.05) is 5.88 Å². The van der Waals surface area contributed by atoms with E-state index in [-0.39, 0.29) is 22.0 Å². The average Bonchev–Trinajstić information content (AvgIpc) is 2.47. The van der Waals surface area contributed by atoms with Gasteiger partial charge in [-0.15, -0.1) is 11.6 Å². The van der Waals surface area contributed by atoms with Gasteiger partial charge in [-0.1, -0.05) is 41.9 Å². The molecule has 116 valence electrons. The third-order valence-electron chi connectivity index (χ3n) is 2.83. The van der Waals surface area contributed by atoms with Gasteiger partial charge >= 0.3 is 11.9 Å². The minimum Gasteiger partial charge on any atom is -0.478 e. The summed E-state index contributed by atoms with van der Waals surface area (Å²) in [5.74, 6) is -1.67. The van der Waals surface area contributed by atoms with Crippen LogP contribution in [0.1, 0.15) is 31.8 Å². The Hall–Kier alpha value is -2.04. The summed E-state index contributed by atoms with van der Waals surface area (Å²) in [6.45, 7) is 1.72. The maximum absolute atomic E-state index is 10.6. The highest BCUT2D eigenvalue weighted by Crippen LogP contribution is 2.18. The number of carboxylic acids is 2. The molecule has 4 nitrogen and oxygen atoms in total. The van der Waals surface area contributed by atoms with E-state index in [0.29, 0.717) is 11.1 Å². The van der Waals surface area contributed by atoms with Crippen LogP contribution in [0.5, 0.6) is 0 Å². The normalized spacial score (nSPS) is 9.59. The van der Waals surface area contributed by atoms with Crippen LogP contribution in [0.25, 0.3) is 0 Å². The van der Waals surface area contributed by atoms with Gasteiger partial charge in [-0.05, 0) is 30.2 Å². The fourth-order valence-electron chi connectivity index (χ4n) is 1.75. The van der Waals surface area contributed by atoms with E-state index in [2.05, 4.69) is 0 Å². The lowest BCUT2D eigenvalue weighted by molar-refractivity contribution is 0.0685. The predicted molar refractivity (Wildman–Crippen MR) is 86.1 cm³/mol. The molecule has 0 saturated heterocycles. The third-order valence-corrected chi connectivity index (χ3v) is 3.43. The van der Waals surface area contributed by atoms with Crippen molar-refractivity contribution in [2.24, 2.45) is 0 Å². The van der Waals surface area contributed by atoms with E-state index in [1.54, 1.807) is 49.4 Å². The highest BCUT2D eigenvalue weighted by Gasteiger charge is 2.10. The summed E-state index contributed by atoms with van der Waals surface area (Å²) in [7, 11) is 0. The van der Waals surface area contributed by atoms with Crippen molar-refractivity contribution in [3.05, 3.63) is 69.7 Å². The molecule has 2 aromatic rings. The fourth-order valence-corrected chi connectivity index (χ4v) is 2.28. The highest BCUT2D eigenvalue weighted by atomic mass is 35.5. The first-order chi connectivity index (χ1) is 10.4. The Morgan fingerprint density at radius 3 is 2.05 bits per heavy atom. The van der Waals surface area contributed by atoms with Gasteiger partial charge in [0.1, 0.15) is 0 Å². The quantitative estimate of drug-likeness (QED) is 0.808. The van der Waals surface area contributed by atoms with Crippen LogP contribution in [0.4, 0.5) is 0 Å². The summed E-state index contributed by atoms with van der Waals surface area (Å²) in [5.41, 5.74) is 1.81. The number of halogens is 2. The number of aryl methyl sites for hydroxylation is 1. The van der Waals surface area contributed by atoms with E-state index in [1.165, 1.54) is 0 Å². The van der Waals surface area contributed by atoms with Crippen LogP contribution < -0.4 is 0 Å².